The number of aryl methyl sites for hydroxylation is 1. The molecule has 1 fully saturated rings. The number of hydrogen-bond donors (Lipinski definition) is 1. The quantitative estimate of drug-likeness (QED) is 0.875. The van der Waals surface area contributed by atoms with Crippen LogP contribution in [0.25, 0.3) is 0 Å². The Labute approximate surface area is 104 Å². The fourth-order valence-corrected chi connectivity index (χ4v) is 3.08. The largest absolute Gasteiger partial charge is 0.481 e. The van der Waals surface area contributed by atoms with Crippen molar-refractivity contribution in [3.05, 3.63) is 21.9 Å². The summed E-state index contributed by atoms with van der Waals surface area (Å²) in [5.74, 6) is -1.25. The number of aliphatic carboxylic acids is 1. The monoisotopic (exact) mass is 253 g/mol. The van der Waals surface area contributed by atoms with Crippen LogP contribution in [0.5, 0.6) is 0 Å². The minimum absolute atomic E-state index is 0.0247. The Bertz CT molecular complexity index is 454. The Hall–Kier alpha value is -1.36. The third-order valence-electron chi connectivity index (χ3n) is 3.27. The molecule has 2 heterocycles. The molecule has 1 amide bonds. The van der Waals surface area contributed by atoms with Gasteiger partial charge in [-0.1, -0.05) is 6.92 Å². The number of thiophene rings is 1. The zero-order valence-electron chi connectivity index (χ0n) is 9.84. The predicted octanol–water partition coefficient (Wildman–Crippen LogP) is 1.85. The lowest BCUT2D eigenvalue weighted by atomic mass is 9.99. The summed E-state index contributed by atoms with van der Waals surface area (Å²) in [4.78, 5) is 25.6. The van der Waals surface area contributed by atoms with Crippen LogP contribution < -0.4 is 0 Å². The lowest BCUT2D eigenvalue weighted by molar-refractivity contribution is -0.142. The van der Waals surface area contributed by atoms with Crippen molar-refractivity contribution in [2.75, 3.05) is 13.1 Å². The summed E-state index contributed by atoms with van der Waals surface area (Å²) >= 11 is 1.42. The molecule has 0 bridgehead atoms. The smallest absolute Gasteiger partial charge is 0.308 e. The van der Waals surface area contributed by atoms with Gasteiger partial charge >= 0.3 is 5.97 Å². The lowest BCUT2D eigenvalue weighted by Gasteiger charge is -2.15. The van der Waals surface area contributed by atoms with Crippen LogP contribution in [0, 0.1) is 18.8 Å². The molecule has 2 rings (SSSR count). The molecule has 1 saturated heterocycles. The molecule has 1 aromatic heterocycles. The van der Waals surface area contributed by atoms with Crippen LogP contribution in [0.15, 0.2) is 11.4 Å². The SMILES string of the molecule is Cc1ccsc1C(=O)N1CC(C)C(C(=O)O)C1. The minimum Gasteiger partial charge on any atom is -0.481 e. The molecule has 2 unspecified atom stereocenters. The summed E-state index contributed by atoms with van der Waals surface area (Å²) < 4.78 is 0. The van der Waals surface area contributed by atoms with Crippen LogP contribution >= 0.6 is 11.3 Å². The molecule has 0 saturated carbocycles. The third kappa shape index (κ3) is 2.20. The van der Waals surface area contributed by atoms with E-state index in [0.717, 1.165) is 10.4 Å². The van der Waals surface area contributed by atoms with Gasteiger partial charge in [0.05, 0.1) is 10.8 Å². The number of carbonyl (C=O) groups is 2. The van der Waals surface area contributed by atoms with E-state index in [0.29, 0.717) is 13.1 Å². The number of rotatable bonds is 2. The first-order chi connectivity index (χ1) is 8.00. The number of hydrogen-bond acceptors (Lipinski definition) is 3. The molecule has 1 aliphatic heterocycles. The van der Waals surface area contributed by atoms with Gasteiger partial charge in [0.2, 0.25) is 0 Å². The van der Waals surface area contributed by atoms with Crippen LogP contribution in [0.4, 0.5) is 0 Å². The fraction of sp³-hybridized carbons (Fsp3) is 0.500. The van der Waals surface area contributed by atoms with Crippen molar-refractivity contribution in [2.45, 2.75) is 13.8 Å². The molecule has 5 heteroatoms. The van der Waals surface area contributed by atoms with Gasteiger partial charge in [-0.2, -0.15) is 0 Å². The highest BCUT2D eigenvalue weighted by Gasteiger charge is 2.37. The maximum absolute atomic E-state index is 12.2. The van der Waals surface area contributed by atoms with Crippen molar-refractivity contribution in [3.63, 3.8) is 0 Å². The molecule has 1 aromatic rings. The van der Waals surface area contributed by atoms with Gasteiger partial charge in [0.25, 0.3) is 5.91 Å². The topological polar surface area (TPSA) is 57.6 Å². The van der Waals surface area contributed by atoms with E-state index in [1.54, 1.807) is 4.90 Å². The first-order valence-electron chi connectivity index (χ1n) is 5.57. The van der Waals surface area contributed by atoms with Crippen molar-refractivity contribution in [1.29, 1.82) is 0 Å². The van der Waals surface area contributed by atoms with Crippen molar-refractivity contribution in [1.82, 2.24) is 4.90 Å². The van der Waals surface area contributed by atoms with Crippen molar-refractivity contribution >= 4 is 23.2 Å². The zero-order valence-corrected chi connectivity index (χ0v) is 10.7. The Morgan fingerprint density at radius 1 is 1.47 bits per heavy atom. The number of nitrogens with zero attached hydrogens (tertiary/aromatic N) is 1. The molecule has 92 valence electrons. The maximum Gasteiger partial charge on any atom is 0.308 e. The average molecular weight is 253 g/mol. The van der Waals surface area contributed by atoms with E-state index in [9.17, 15) is 9.59 Å². The third-order valence-corrected chi connectivity index (χ3v) is 4.28. The number of carboxylic acids is 1. The Morgan fingerprint density at radius 3 is 2.65 bits per heavy atom. The van der Waals surface area contributed by atoms with E-state index in [1.165, 1.54) is 11.3 Å². The van der Waals surface area contributed by atoms with Crippen molar-refractivity contribution < 1.29 is 14.7 Å². The Balaban J connectivity index is 2.13. The highest BCUT2D eigenvalue weighted by Crippen LogP contribution is 2.26. The van der Waals surface area contributed by atoms with Crippen molar-refractivity contribution in [3.8, 4) is 0 Å². The molecule has 1 aliphatic rings. The van der Waals surface area contributed by atoms with Crippen LogP contribution in [0.2, 0.25) is 0 Å². The normalized spacial score (nSPS) is 24.0. The summed E-state index contributed by atoms with van der Waals surface area (Å²) in [6, 6.07) is 1.91. The second-order valence-corrected chi connectivity index (χ2v) is 5.48. The highest BCUT2D eigenvalue weighted by molar-refractivity contribution is 7.12. The summed E-state index contributed by atoms with van der Waals surface area (Å²) in [5.41, 5.74) is 0.964. The van der Waals surface area contributed by atoms with E-state index in [-0.39, 0.29) is 11.8 Å². The van der Waals surface area contributed by atoms with Crippen LogP contribution in [-0.4, -0.2) is 35.0 Å². The maximum atomic E-state index is 12.2. The van der Waals surface area contributed by atoms with Crippen molar-refractivity contribution in [2.24, 2.45) is 11.8 Å². The van der Waals surface area contributed by atoms with Gasteiger partial charge in [-0.05, 0) is 29.9 Å². The van der Waals surface area contributed by atoms with Gasteiger partial charge in [0.15, 0.2) is 0 Å². The van der Waals surface area contributed by atoms with Gasteiger partial charge < -0.3 is 10.0 Å². The van der Waals surface area contributed by atoms with Gasteiger partial charge in [-0.25, -0.2) is 0 Å². The number of likely N-dealkylation sites (tertiary alicyclic amines) is 1. The molecular formula is C12H15NO3S. The van der Waals surface area contributed by atoms with Gasteiger partial charge in [-0.3, -0.25) is 9.59 Å². The first-order valence-corrected chi connectivity index (χ1v) is 6.45. The van der Waals surface area contributed by atoms with Gasteiger partial charge in [-0.15, -0.1) is 11.3 Å². The van der Waals surface area contributed by atoms with Crippen LogP contribution in [0.1, 0.15) is 22.2 Å². The second kappa shape index (κ2) is 4.49. The summed E-state index contributed by atoms with van der Waals surface area (Å²) in [6.45, 7) is 4.64. The number of carbonyl (C=O) groups excluding carboxylic acids is 1. The van der Waals surface area contributed by atoms with Gasteiger partial charge in [0, 0.05) is 13.1 Å². The van der Waals surface area contributed by atoms with E-state index >= 15 is 0 Å². The fourth-order valence-electron chi connectivity index (χ4n) is 2.19. The van der Waals surface area contributed by atoms with E-state index < -0.39 is 11.9 Å². The first kappa shape index (κ1) is 12.1. The summed E-state index contributed by atoms with van der Waals surface area (Å²) in [5, 5.41) is 10.9. The van der Waals surface area contributed by atoms with E-state index in [4.69, 9.17) is 5.11 Å². The Kier molecular flexibility index (Phi) is 3.19. The second-order valence-electron chi connectivity index (χ2n) is 4.56. The zero-order chi connectivity index (χ0) is 12.6. The molecular weight excluding hydrogens is 238 g/mol. The molecule has 17 heavy (non-hydrogen) atoms. The lowest BCUT2D eigenvalue weighted by Crippen LogP contribution is -2.29. The molecule has 2 atom stereocenters. The number of amides is 1. The van der Waals surface area contributed by atoms with E-state index in [1.807, 2.05) is 25.3 Å². The molecule has 1 N–H and O–H groups in total. The Morgan fingerprint density at radius 2 is 2.18 bits per heavy atom. The molecule has 0 aliphatic carbocycles. The van der Waals surface area contributed by atoms with Gasteiger partial charge in [0.1, 0.15) is 0 Å². The number of carboxylic acid groups (broad SMARTS) is 1. The molecule has 4 nitrogen and oxygen atoms in total. The summed E-state index contributed by atoms with van der Waals surface area (Å²) in [6.07, 6.45) is 0. The molecule has 0 aromatic carbocycles. The molecule has 0 spiro atoms. The standard InChI is InChI=1S/C12H15NO3S/c1-7-3-4-17-10(7)11(14)13-5-8(2)9(6-13)12(15)16/h3-4,8-9H,5-6H2,1-2H3,(H,15,16). The minimum atomic E-state index is -0.810. The molecule has 0 radical (unpaired) electrons. The predicted molar refractivity (Wildman–Crippen MR) is 65.2 cm³/mol. The highest BCUT2D eigenvalue weighted by atomic mass is 32.1. The summed E-state index contributed by atoms with van der Waals surface area (Å²) in [7, 11) is 0. The van der Waals surface area contributed by atoms with Crippen LogP contribution in [0.3, 0.4) is 0 Å². The average Bonchev–Trinajstić information content (AvgIpc) is 2.83. The van der Waals surface area contributed by atoms with E-state index in [2.05, 4.69) is 0 Å². The van der Waals surface area contributed by atoms with Crippen LogP contribution in [-0.2, 0) is 4.79 Å².